The molecule has 0 aliphatic carbocycles. The third-order valence-electron chi connectivity index (χ3n) is 3.64. The lowest BCUT2D eigenvalue weighted by molar-refractivity contribution is 0.532. The van der Waals surface area contributed by atoms with Crippen molar-refractivity contribution in [3.05, 3.63) is 56.2 Å². The van der Waals surface area contributed by atoms with Crippen LogP contribution in [0.2, 0.25) is 5.02 Å². The van der Waals surface area contributed by atoms with Gasteiger partial charge in [0.05, 0.1) is 0 Å². The molecule has 0 fully saturated rings. The Morgan fingerprint density at radius 2 is 1.90 bits per heavy atom. The van der Waals surface area contributed by atoms with Crippen molar-refractivity contribution in [2.45, 2.75) is 46.1 Å². The predicted molar refractivity (Wildman–Crippen MR) is 94.6 cm³/mol. The lowest BCUT2D eigenvalue weighted by Gasteiger charge is -2.20. The zero-order valence-corrected chi connectivity index (χ0v) is 14.7. The van der Waals surface area contributed by atoms with Crippen LogP contribution < -0.4 is 5.32 Å². The average molecular weight is 322 g/mol. The largest absolute Gasteiger partial charge is 0.310 e. The molecule has 2 aromatic rings. The highest BCUT2D eigenvalue weighted by Crippen LogP contribution is 2.29. The van der Waals surface area contributed by atoms with E-state index in [1.807, 2.05) is 11.3 Å². The maximum absolute atomic E-state index is 6.47. The molecular weight excluding hydrogens is 298 g/mol. The molecule has 0 saturated heterocycles. The Morgan fingerprint density at radius 3 is 2.52 bits per heavy atom. The molecule has 1 aromatic heterocycles. The molecule has 0 saturated carbocycles. The SMILES string of the molecule is CCCNC(Cc1ccc(CC)s1)c1ccc(C)cc1Cl. The van der Waals surface area contributed by atoms with Gasteiger partial charge in [-0.1, -0.05) is 37.6 Å². The summed E-state index contributed by atoms with van der Waals surface area (Å²) in [6.07, 6.45) is 3.25. The molecule has 0 bridgehead atoms. The molecule has 114 valence electrons. The molecular formula is C18H24ClNS. The second-order valence-corrected chi connectivity index (χ2v) is 7.12. The average Bonchev–Trinajstić information content (AvgIpc) is 2.91. The highest BCUT2D eigenvalue weighted by Gasteiger charge is 2.16. The van der Waals surface area contributed by atoms with Gasteiger partial charge in [-0.2, -0.15) is 0 Å². The zero-order chi connectivity index (χ0) is 15.2. The lowest BCUT2D eigenvalue weighted by atomic mass is 10.0. The van der Waals surface area contributed by atoms with Crippen molar-refractivity contribution in [2.75, 3.05) is 6.54 Å². The second kappa shape index (κ2) is 7.98. The van der Waals surface area contributed by atoms with Crippen LogP contribution in [0.25, 0.3) is 0 Å². The molecule has 1 unspecified atom stereocenters. The first-order chi connectivity index (χ1) is 10.1. The maximum Gasteiger partial charge on any atom is 0.0456 e. The monoisotopic (exact) mass is 321 g/mol. The van der Waals surface area contributed by atoms with E-state index in [1.54, 1.807) is 0 Å². The first kappa shape index (κ1) is 16.5. The van der Waals surface area contributed by atoms with Crippen molar-refractivity contribution >= 4 is 22.9 Å². The summed E-state index contributed by atoms with van der Waals surface area (Å²) in [5, 5.41) is 4.52. The van der Waals surface area contributed by atoms with Crippen molar-refractivity contribution < 1.29 is 0 Å². The van der Waals surface area contributed by atoms with Crippen LogP contribution in [0.4, 0.5) is 0 Å². The number of thiophene rings is 1. The van der Waals surface area contributed by atoms with Crippen molar-refractivity contribution in [1.29, 1.82) is 0 Å². The zero-order valence-electron chi connectivity index (χ0n) is 13.1. The summed E-state index contributed by atoms with van der Waals surface area (Å²) in [5.41, 5.74) is 2.42. The van der Waals surface area contributed by atoms with Gasteiger partial charge in [0.1, 0.15) is 0 Å². The fourth-order valence-corrected chi connectivity index (χ4v) is 3.82. The van der Waals surface area contributed by atoms with Gasteiger partial charge >= 0.3 is 0 Å². The van der Waals surface area contributed by atoms with Gasteiger partial charge in [0.15, 0.2) is 0 Å². The number of hydrogen-bond donors (Lipinski definition) is 1. The molecule has 0 aliphatic heterocycles. The van der Waals surface area contributed by atoms with E-state index in [-0.39, 0.29) is 0 Å². The molecule has 0 aliphatic rings. The molecule has 21 heavy (non-hydrogen) atoms. The standard InChI is InChI=1S/C18H24ClNS/c1-4-10-20-18(12-15-8-7-14(5-2)21-15)16-9-6-13(3)11-17(16)19/h6-9,11,18,20H,4-5,10,12H2,1-3H3. The van der Waals surface area contributed by atoms with Gasteiger partial charge in [0.25, 0.3) is 0 Å². The van der Waals surface area contributed by atoms with Gasteiger partial charge in [-0.05, 0) is 55.6 Å². The van der Waals surface area contributed by atoms with Crippen molar-refractivity contribution in [3.8, 4) is 0 Å². The van der Waals surface area contributed by atoms with Crippen molar-refractivity contribution in [1.82, 2.24) is 5.32 Å². The highest BCUT2D eigenvalue weighted by molar-refractivity contribution is 7.11. The highest BCUT2D eigenvalue weighted by atomic mass is 35.5. The van der Waals surface area contributed by atoms with Gasteiger partial charge in [-0.15, -0.1) is 11.3 Å². The summed E-state index contributed by atoms with van der Waals surface area (Å²) in [6.45, 7) is 7.50. The smallest absolute Gasteiger partial charge is 0.0456 e. The summed E-state index contributed by atoms with van der Waals surface area (Å²) < 4.78 is 0. The van der Waals surface area contributed by atoms with Gasteiger partial charge < -0.3 is 5.32 Å². The van der Waals surface area contributed by atoms with E-state index >= 15 is 0 Å². The molecule has 0 radical (unpaired) electrons. The van der Waals surface area contributed by atoms with Gasteiger partial charge in [0, 0.05) is 27.2 Å². The molecule has 0 spiro atoms. The fraction of sp³-hybridized carbons (Fsp3) is 0.444. The number of benzene rings is 1. The Morgan fingerprint density at radius 1 is 1.14 bits per heavy atom. The van der Waals surface area contributed by atoms with Crippen LogP contribution in [-0.2, 0) is 12.8 Å². The van der Waals surface area contributed by atoms with E-state index in [2.05, 4.69) is 56.4 Å². The molecule has 1 nitrogen and oxygen atoms in total. The Kier molecular flexibility index (Phi) is 6.28. The first-order valence-electron chi connectivity index (χ1n) is 7.71. The van der Waals surface area contributed by atoms with E-state index in [9.17, 15) is 0 Å². The van der Waals surface area contributed by atoms with Crippen molar-refractivity contribution in [2.24, 2.45) is 0 Å². The molecule has 1 heterocycles. The van der Waals surface area contributed by atoms with E-state index in [1.165, 1.54) is 20.9 Å². The van der Waals surface area contributed by atoms with Crippen molar-refractivity contribution in [3.63, 3.8) is 0 Å². The van der Waals surface area contributed by atoms with Gasteiger partial charge in [-0.25, -0.2) is 0 Å². The number of aryl methyl sites for hydroxylation is 2. The molecule has 1 aromatic carbocycles. The summed E-state index contributed by atoms with van der Waals surface area (Å²) in [7, 11) is 0. The van der Waals surface area contributed by atoms with Crippen LogP contribution in [0.1, 0.15) is 47.2 Å². The van der Waals surface area contributed by atoms with Crippen LogP contribution in [0, 0.1) is 6.92 Å². The second-order valence-electron chi connectivity index (χ2n) is 5.46. The molecule has 0 amide bonds. The summed E-state index contributed by atoms with van der Waals surface area (Å²) in [5.74, 6) is 0. The van der Waals surface area contributed by atoms with Gasteiger partial charge in [0.2, 0.25) is 0 Å². The fourth-order valence-electron chi connectivity index (χ4n) is 2.45. The van der Waals surface area contributed by atoms with Crippen LogP contribution in [0.5, 0.6) is 0 Å². The van der Waals surface area contributed by atoms with Crippen LogP contribution in [0.3, 0.4) is 0 Å². The third-order valence-corrected chi connectivity index (χ3v) is 5.22. The maximum atomic E-state index is 6.47. The van der Waals surface area contributed by atoms with E-state index in [0.29, 0.717) is 6.04 Å². The Hall–Kier alpha value is -0.830. The predicted octanol–water partition coefficient (Wildman–Crippen LogP) is 5.56. The van der Waals surface area contributed by atoms with Gasteiger partial charge in [-0.3, -0.25) is 0 Å². The van der Waals surface area contributed by atoms with Crippen LogP contribution in [0.15, 0.2) is 30.3 Å². The minimum absolute atomic E-state index is 0.293. The Balaban J connectivity index is 2.20. The van der Waals surface area contributed by atoms with E-state index < -0.39 is 0 Å². The normalized spacial score (nSPS) is 12.6. The summed E-state index contributed by atoms with van der Waals surface area (Å²) in [4.78, 5) is 2.88. The summed E-state index contributed by atoms with van der Waals surface area (Å²) >= 11 is 8.38. The first-order valence-corrected chi connectivity index (χ1v) is 8.90. The summed E-state index contributed by atoms with van der Waals surface area (Å²) in [6, 6.07) is 11.2. The van der Waals surface area contributed by atoms with Crippen LogP contribution >= 0.6 is 22.9 Å². The topological polar surface area (TPSA) is 12.0 Å². The third kappa shape index (κ3) is 4.57. The molecule has 1 N–H and O–H groups in total. The molecule has 2 rings (SSSR count). The number of halogens is 1. The van der Waals surface area contributed by atoms with E-state index in [4.69, 9.17) is 11.6 Å². The number of hydrogen-bond acceptors (Lipinski definition) is 2. The quantitative estimate of drug-likeness (QED) is 0.704. The number of rotatable bonds is 7. The molecule has 1 atom stereocenters. The number of nitrogens with one attached hydrogen (secondary N) is 1. The van der Waals surface area contributed by atoms with E-state index in [0.717, 1.165) is 30.8 Å². The molecule has 3 heteroatoms. The Bertz CT molecular complexity index is 576. The lowest BCUT2D eigenvalue weighted by Crippen LogP contribution is -2.24. The Labute approximate surface area is 137 Å². The minimum atomic E-state index is 0.293. The minimum Gasteiger partial charge on any atom is -0.310 e. The van der Waals surface area contributed by atoms with Crippen LogP contribution in [-0.4, -0.2) is 6.54 Å².